The molecule has 0 bridgehead atoms. The quantitative estimate of drug-likeness (QED) is 0.681. The lowest BCUT2D eigenvalue weighted by Gasteiger charge is -1.96. The highest BCUT2D eigenvalue weighted by atomic mass is 16.4. The first-order valence-corrected chi connectivity index (χ1v) is 4.35. The lowest BCUT2D eigenvalue weighted by molar-refractivity contribution is 0.424. The zero-order valence-corrected chi connectivity index (χ0v) is 7.64. The second kappa shape index (κ2) is 4.85. The highest BCUT2D eigenvalue weighted by Crippen LogP contribution is 2.06. The second-order valence-electron chi connectivity index (χ2n) is 2.87. The van der Waals surface area contributed by atoms with Crippen molar-refractivity contribution in [2.24, 2.45) is 0 Å². The molecule has 68 valence electrons. The summed E-state index contributed by atoms with van der Waals surface area (Å²) in [6, 6.07) is 7.97. The summed E-state index contributed by atoms with van der Waals surface area (Å²) in [5.74, 6) is 1.33. The van der Waals surface area contributed by atoms with E-state index in [0.29, 0.717) is 0 Å². The van der Waals surface area contributed by atoms with Gasteiger partial charge >= 0.3 is 7.12 Å². The third-order valence-corrected chi connectivity index (χ3v) is 1.85. The van der Waals surface area contributed by atoms with Crippen molar-refractivity contribution in [3.8, 4) is 0 Å². The molecule has 1 aromatic rings. The van der Waals surface area contributed by atoms with Gasteiger partial charge in [-0.25, -0.2) is 0 Å². The number of hydrogen-bond donors (Lipinski definition) is 2. The van der Waals surface area contributed by atoms with Gasteiger partial charge in [-0.1, -0.05) is 43.2 Å². The number of benzene rings is 1. The molecule has 0 spiro atoms. The second-order valence-corrected chi connectivity index (χ2v) is 2.87. The molecule has 0 radical (unpaired) electrons. The Labute approximate surface area is 78.7 Å². The van der Waals surface area contributed by atoms with E-state index < -0.39 is 7.12 Å². The molecule has 1 aromatic carbocycles. The average molecular weight is 176 g/mol. The Hall–Kier alpha value is -1.06. The maximum absolute atomic E-state index is 8.58. The van der Waals surface area contributed by atoms with Crippen molar-refractivity contribution in [2.45, 2.75) is 13.3 Å². The molecular weight excluding hydrogens is 163 g/mol. The van der Waals surface area contributed by atoms with Crippen LogP contribution in [0.4, 0.5) is 0 Å². The molecule has 0 aliphatic heterocycles. The third-order valence-electron chi connectivity index (χ3n) is 1.85. The van der Waals surface area contributed by atoms with Crippen molar-refractivity contribution in [3.63, 3.8) is 0 Å². The fraction of sp³-hybridized carbons (Fsp3) is 0.200. The van der Waals surface area contributed by atoms with Crippen LogP contribution in [0.1, 0.15) is 18.1 Å². The van der Waals surface area contributed by atoms with Gasteiger partial charge in [0.1, 0.15) is 0 Å². The average Bonchev–Trinajstić information content (AvgIpc) is 2.15. The van der Waals surface area contributed by atoms with Crippen LogP contribution in [0.3, 0.4) is 0 Å². The predicted octanol–water partition coefficient (Wildman–Crippen LogP) is 1.27. The Morgan fingerprint density at radius 2 is 1.85 bits per heavy atom. The van der Waals surface area contributed by atoms with Gasteiger partial charge in [0.15, 0.2) is 0 Å². The van der Waals surface area contributed by atoms with Crippen molar-refractivity contribution in [1.82, 2.24) is 0 Å². The lowest BCUT2D eigenvalue weighted by Crippen LogP contribution is -2.05. The molecule has 2 nitrogen and oxygen atoms in total. The maximum atomic E-state index is 8.58. The van der Waals surface area contributed by atoms with E-state index >= 15 is 0 Å². The molecule has 0 saturated carbocycles. The van der Waals surface area contributed by atoms with Gasteiger partial charge < -0.3 is 10.0 Å². The molecule has 0 heterocycles. The van der Waals surface area contributed by atoms with Crippen molar-refractivity contribution in [1.29, 1.82) is 0 Å². The minimum absolute atomic E-state index is 0.977. The van der Waals surface area contributed by atoms with Gasteiger partial charge in [0.05, 0.1) is 0 Å². The van der Waals surface area contributed by atoms with Crippen molar-refractivity contribution < 1.29 is 10.0 Å². The highest BCUT2D eigenvalue weighted by Gasteiger charge is 1.97. The summed E-state index contributed by atoms with van der Waals surface area (Å²) in [6.07, 6.45) is 2.71. The Kier molecular flexibility index (Phi) is 3.74. The Bertz CT molecular complexity index is 277. The van der Waals surface area contributed by atoms with Crippen molar-refractivity contribution >= 4 is 13.2 Å². The van der Waals surface area contributed by atoms with E-state index in [1.54, 1.807) is 6.08 Å². The van der Waals surface area contributed by atoms with E-state index in [4.69, 9.17) is 10.0 Å². The van der Waals surface area contributed by atoms with E-state index in [1.165, 1.54) is 11.5 Å². The third kappa shape index (κ3) is 3.44. The first-order valence-electron chi connectivity index (χ1n) is 4.35. The maximum Gasteiger partial charge on any atom is 0.480 e. The molecule has 1 rings (SSSR count). The molecule has 0 saturated heterocycles. The minimum Gasteiger partial charge on any atom is -0.424 e. The topological polar surface area (TPSA) is 40.5 Å². The summed E-state index contributed by atoms with van der Waals surface area (Å²) in [5, 5.41) is 17.2. The van der Waals surface area contributed by atoms with Gasteiger partial charge in [-0.15, -0.1) is 0 Å². The zero-order valence-electron chi connectivity index (χ0n) is 7.64. The van der Waals surface area contributed by atoms with E-state index in [0.717, 1.165) is 12.0 Å². The normalized spacial score (nSPS) is 10.7. The molecule has 0 atom stereocenters. The standard InChI is InChI=1S/C10H13BO2/c1-2-9-3-5-10(6-4-9)7-8-11(12)13/h3-8,12-13H,2H2,1H3/b8-7+. The minimum atomic E-state index is -1.37. The molecule has 0 unspecified atom stereocenters. The first-order chi connectivity index (χ1) is 6.22. The van der Waals surface area contributed by atoms with Crippen molar-refractivity contribution in [2.75, 3.05) is 0 Å². The monoisotopic (exact) mass is 176 g/mol. The fourth-order valence-corrected chi connectivity index (χ4v) is 1.06. The number of aryl methyl sites for hydroxylation is 1. The summed E-state index contributed by atoms with van der Waals surface area (Å²) in [5.41, 5.74) is 2.26. The van der Waals surface area contributed by atoms with E-state index in [1.807, 2.05) is 24.3 Å². The van der Waals surface area contributed by atoms with E-state index in [-0.39, 0.29) is 0 Å². The van der Waals surface area contributed by atoms with Gasteiger partial charge in [-0.3, -0.25) is 0 Å². The zero-order chi connectivity index (χ0) is 9.68. The van der Waals surface area contributed by atoms with E-state index in [9.17, 15) is 0 Å². The SMILES string of the molecule is CCc1ccc(/C=C/B(O)O)cc1. The summed E-state index contributed by atoms with van der Waals surface area (Å²) < 4.78 is 0. The van der Waals surface area contributed by atoms with Crippen LogP contribution in [0.15, 0.2) is 30.2 Å². The number of hydrogen-bond acceptors (Lipinski definition) is 2. The van der Waals surface area contributed by atoms with Crippen LogP contribution in [0.2, 0.25) is 0 Å². The van der Waals surface area contributed by atoms with Crippen molar-refractivity contribution in [3.05, 3.63) is 41.4 Å². The van der Waals surface area contributed by atoms with E-state index in [2.05, 4.69) is 6.92 Å². The molecule has 0 aromatic heterocycles. The highest BCUT2D eigenvalue weighted by molar-refractivity contribution is 6.48. The predicted molar refractivity (Wildman–Crippen MR) is 55.0 cm³/mol. The summed E-state index contributed by atoms with van der Waals surface area (Å²) in [4.78, 5) is 0. The molecule has 0 amide bonds. The van der Waals surface area contributed by atoms with Crippen LogP contribution in [-0.4, -0.2) is 17.2 Å². The Morgan fingerprint density at radius 3 is 2.31 bits per heavy atom. The van der Waals surface area contributed by atoms with Crippen LogP contribution in [0, 0.1) is 0 Å². The summed E-state index contributed by atoms with van der Waals surface area (Å²) in [7, 11) is -1.37. The van der Waals surface area contributed by atoms with Crippen LogP contribution in [0.5, 0.6) is 0 Å². The van der Waals surface area contributed by atoms with Gasteiger partial charge in [0.2, 0.25) is 0 Å². The fourth-order valence-electron chi connectivity index (χ4n) is 1.06. The lowest BCUT2D eigenvalue weighted by atomic mass is 9.90. The molecule has 0 fully saturated rings. The Balaban J connectivity index is 2.69. The van der Waals surface area contributed by atoms with Crippen LogP contribution in [0.25, 0.3) is 6.08 Å². The molecule has 3 heteroatoms. The molecule has 0 aliphatic rings. The van der Waals surface area contributed by atoms with Gasteiger partial charge in [0.25, 0.3) is 0 Å². The van der Waals surface area contributed by atoms with Gasteiger partial charge in [-0.2, -0.15) is 0 Å². The first kappa shape index (κ1) is 10.0. The summed E-state index contributed by atoms with van der Waals surface area (Å²) in [6.45, 7) is 2.10. The number of rotatable bonds is 3. The van der Waals surface area contributed by atoms with Gasteiger partial charge in [0, 0.05) is 0 Å². The molecule has 0 aliphatic carbocycles. The summed E-state index contributed by atoms with van der Waals surface area (Å²) >= 11 is 0. The largest absolute Gasteiger partial charge is 0.480 e. The van der Waals surface area contributed by atoms with Crippen LogP contribution >= 0.6 is 0 Å². The smallest absolute Gasteiger partial charge is 0.424 e. The van der Waals surface area contributed by atoms with Gasteiger partial charge in [-0.05, 0) is 17.5 Å². The molecule has 2 N–H and O–H groups in total. The van der Waals surface area contributed by atoms with Crippen LogP contribution in [-0.2, 0) is 6.42 Å². The van der Waals surface area contributed by atoms with Crippen LogP contribution < -0.4 is 0 Å². The Morgan fingerprint density at radius 1 is 1.23 bits per heavy atom. The molecular formula is C10H13BO2. The molecule has 13 heavy (non-hydrogen) atoms.